The van der Waals surface area contributed by atoms with Crippen LogP contribution >= 0.6 is 11.6 Å². The lowest BCUT2D eigenvalue weighted by molar-refractivity contribution is -0.115. The number of nitrogens with one attached hydrogen (secondary N) is 3. The van der Waals surface area contributed by atoms with Gasteiger partial charge >= 0.3 is 6.03 Å². The summed E-state index contributed by atoms with van der Waals surface area (Å²) < 4.78 is 1.63. The molecule has 0 unspecified atom stereocenters. The van der Waals surface area contributed by atoms with Gasteiger partial charge in [-0.1, -0.05) is 11.6 Å². The normalized spacial score (nSPS) is 19.6. The molecular weight excluding hydrogens is 308 g/mol. The second kappa shape index (κ2) is 4.70. The largest absolute Gasteiger partial charge is 0.367 e. The quantitative estimate of drug-likeness (QED) is 0.447. The van der Waals surface area contributed by atoms with Crippen LogP contribution in [0.2, 0.25) is 5.15 Å². The van der Waals surface area contributed by atoms with E-state index in [2.05, 4.69) is 26.0 Å². The molecule has 1 aliphatic heterocycles. The molecule has 0 aromatic carbocycles. The standard InChI is InChI=1S/C13H11ClN6O2/c14-9-4-10(16-7-1-2-7)20-11(18-9)6(5-15-20)3-8-12(21)19-13(22)17-8/h3-5,7,16H,1-2H2,(H2,17,19,21,22)/b8-3+. The highest BCUT2D eigenvalue weighted by Gasteiger charge is 2.25. The van der Waals surface area contributed by atoms with Crippen LogP contribution in [-0.2, 0) is 4.79 Å². The van der Waals surface area contributed by atoms with E-state index in [-0.39, 0.29) is 5.70 Å². The van der Waals surface area contributed by atoms with Crippen molar-refractivity contribution in [1.82, 2.24) is 25.2 Å². The van der Waals surface area contributed by atoms with Gasteiger partial charge in [-0.3, -0.25) is 10.1 Å². The van der Waals surface area contributed by atoms with E-state index in [0.717, 1.165) is 18.7 Å². The molecule has 0 bridgehead atoms. The lowest BCUT2D eigenvalue weighted by atomic mass is 10.2. The Bertz CT molecular complexity index is 838. The lowest BCUT2D eigenvalue weighted by Gasteiger charge is -2.07. The summed E-state index contributed by atoms with van der Waals surface area (Å²) in [5.74, 6) is 0.268. The summed E-state index contributed by atoms with van der Waals surface area (Å²) in [6.07, 6.45) is 5.33. The molecule has 2 fully saturated rings. The minimum atomic E-state index is -0.546. The third-order valence-corrected chi connectivity index (χ3v) is 3.61. The van der Waals surface area contributed by atoms with Crippen molar-refractivity contribution in [3.63, 3.8) is 0 Å². The molecule has 4 rings (SSSR count). The van der Waals surface area contributed by atoms with Crippen molar-refractivity contribution in [2.24, 2.45) is 0 Å². The zero-order chi connectivity index (χ0) is 15.3. The van der Waals surface area contributed by atoms with Crippen molar-refractivity contribution in [1.29, 1.82) is 0 Å². The second-order valence-corrected chi connectivity index (χ2v) is 5.57. The molecule has 9 heteroatoms. The molecule has 3 N–H and O–H groups in total. The van der Waals surface area contributed by atoms with E-state index in [1.54, 1.807) is 16.8 Å². The fourth-order valence-electron chi connectivity index (χ4n) is 2.23. The predicted molar refractivity (Wildman–Crippen MR) is 79.3 cm³/mol. The smallest absolute Gasteiger partial charge is 0.326 e. The van der Waals surface area contributed by atoms with Crippen LogP contribution in [-0.4, -0.2) is 32.6 Å². The van der Waals surface area contributed by atoms with Gasteiger partial charge < -0.3 is 10.6 Å². The first kappa shape index (κ1) is 13.1. The van der Waals surface area contributed by atoms with Crippen LogP contribution in [0.1, 0.15) is 18.4 Å². The van der Waals surface area contributed by atoms with Gasteiger partial charge in [0.05, 0.1) is 6.20 Å². The molecule has 2 aromatic heterocycles. The summed E-state index contributed by atoms with van der Waals surface area (Å²) in [6.45, 7) is 0. The number of carbonyl (C=O) groups is 2. The van der Waals surface area contributed by atoms with E-state index in [4.69, 9.17) is 11.6 Å². The SMILES string of the molecule is O=C1NC(=O)/C(=C\c2cnn3c(NC4CC4)cc(Cl)nc23)N1. The van der Waals surface area contributed by atoms with Gasteiger partial charge in [-0.05, 0) is 18.9 Å². The number of fused-ring (bicyclic) bond motifs is 1. The molecule has 112 valence electrons. The van der Waals surface area contributed by atoms with Crippen LogP contribution in [0.5, 0.6) is 0 Å². The van der Waals surface area contributed by atoms with Crippen molar-refractivity contribution in [3.8, 4) is 0 Å². The zero-order valence-corrected chi connectivity index (χ0v) is 12.0. The first-order valence-corrected chi connectivity index (χ1v) is 7.13. The van der Waals surface area contributed by atoms with Gasteiger partial charge in [0.15, 0.2) is 5.65 Å². The Morgan fingerprint density at radius 2 is 2.18 bits per heavy atom. The topological polar surface area (TPSA) is 100 Å². The predicted octanol–water partition coefficient (Wildman–Crippen LogP) is 1.14. The average Bonchev–Trinajstić information content (AvgIpc) is 3.09. The van der Waals surface area contributed by atoms with Crippen LogP contribution in [0.4, 0.5) is 10.6 Å². The Morgan fingerprint density at radius 1 is 1.36 bits per heavy atom. The molecule has 3 heterocycles. The fraction of sp³-hybridized carbons (Fsp3) is 0.231. The van der Waals surface area contributed by atoms with Gasteiger partial charge in [-0.2, -0.15) is 9.61 Å². The molecule has 0 spiro atoms. The summed E-state index contributed by atoms with van der Waals surface area (Å²) in [4.78, 5) is 27.0. The Kier molecular flexibility index (Phi) is 2.80. The maximum atomic E-state index is 11.6. The molecule has 8 nitrogen and oxygen atoms in total. The Morgan fingerprint density at radius 3 is 2.86 bits per heavy atom. The lowest BCUT2D eigenvalue weighted by Crippen LogP contribution is -2.22. The van der Waals surface area contributed by atoms with Gasteiger partial charge in [0.2, 0.25) is 0 Å². The average molecular weight is 319 g/mol. The van der Waals surface area contributed by atoms with Crippen LogP contribution < -0.4 is 16.0 Å². The Hall–Kier alpha value is -2.61. The molecule has 3 amide bonds. The van der Waals surface area contributed by atoms with Gasteiger partial charge in [0, 0.05) is 17.7 Å². The van der Waals surface area contributed by atoms with E-state index in [9.17, 15) is 9.59 Å². The Balaban J connectivity index is 1.79. The number of nitrogens with zero attached hydrogens (tertiary/aromatic N) is 3. The minimum Gasteiger partial charge on any atom is -0.367 e. The Labute approximate surface area is 129 Å². The summed E-state index contributed by atoms with van der Waals surface area (Å²) >= 11 is 6.06. The third kappa shape index (κ3) is 2.27. The summed E-state index contributed by atoms with van der Waals surface area (Å²) in [5, 5.41) is 12.5. The number of urea groups is 1. The number of hydrogen-bond donors (Lipinski definition) is 3. The molecule has 22 heavy (non-hydrogen) atoms. The van der Waals surface area contributed by atoms with Gasteiger partial charge in [0.25, 0.3) is 5.91 Å². The van der Waals surface area contributed by atoms with Crippen LogP contribution in [0, 0.1) is 0 Å². The number of amides is 3. The fourth-order valence-corrected chi connectivity index (χ4v) is 2.41. The number of aromatic nitrogens is 3. The monoisotopic (exact) mass is 318 g/mol. The first-order chi connectivity index (χ1) is 10.6. The second-order valence-electron chi connectivity index (χ2n) is 5.18. The first-order valence-electron chi connectivity index (χ1n) is 6.75. The van der Waals surface area contributed by atoms with Crippen LogP contribution in [0.3, 0.4) is 0 Å². The number of halogens is 1. The van der Waals surface area contributed by atoms with E-state index in [1.807, 2.05) is 0 Å². The van der Waals surface area contributed by atoms with E-state index in [0.29, 0.717) is 22.4 Å². The number of imide groups is 1. The van der Waals surface area contributed by atoms with Crippen molar-refractivity contribution < 1.29 is 9.59 Å². The van der Waals surface area contributed by atoms with Gasteiger partial charge in [-0.15, -0.1) is 0 Å². The van der Waals surface area contributed by atoms with Crippen molar-refractivity contribution in [2.45, 2.75) is 18.9 Å². The maximum Gasteiger partial charge on any atom is 0.326 e. The maximum absolute atomic E-state index is 11.6. The number of carbonyl (C=O) groups excluding carboxylic acids is 2. The number of anilines is 1. The zero-order valence-electron chi connectivity index (χ0n) is 11.3. The molecule has 1 aliphatic carbocycles. The molecule has 0 atom stereocenters. The highest BCUT2D eigenvalue weighted by atomic mass is 35.5. The van der Waals surface area contributed by atoms with Crippen molar-refractivity contribution in [2.75, 3.05) is 5.32 Å². The molecule has 1 saturated heterocycles. The van der Waals surface area contributed by atoms with Crippen molar-refractivity contribution >= 4 is 41.1 Å². The number of rotatable bonds is 3. The highest BCUT2D eigenvalue weighted by molar-refractivity contribution is 6.29. The molecular formula is C13H11ClN6O2. The summed E-state index contributed by atoms with van der Waals surface area (Å²) in [5.41, 5.74) is 1.25. The van der Waals surface area contributed by atoms with Gasteiger partial charge in [-0.25, -0.2) is 9.78 Å². The molecule has 1 saturated carbocycles. The van der Waals surface area contributed by atoms with E-state index in [1.165, 1.54) is 6.08 Å². The van der Waals surface area contributed by atoms with E-state index >= 15 is 0 Å². The van der Waals surface area contributed by atoms with Crippen molar-refractivity contribution in [3.05, 3.63) is 28.7 Å². The molecule has 2 aromatic rings. The molecule has 2 aliphatic rings. The molecule has 0 radical (unpaired) electrons. The third-order valence-electron chi connectivity index (χ3n) is 3.42. The summed E-state index contributed by atoms with van der Waals surface area (Å²) in [6, 6.07) is 1.60. The van der Waals surface area contributed by atoms with Crippen LogP contribution in [0.15, 0.2) is 18.0 Å². The van der Waals surface area contributed by atoms with E-state index < -0.39 is 11.9 Å². The highest BCUT2D eigenvalue weighted by Crippen LogP contribution is 2.27. The van der Waals surface area contributed by atoms with Gasteiger partial charge in [0.1, 0.15) is 16.7 Å². The summed E-state index contributed by atoms with van der Waals surface area (Å²) in [7, 11) is 0. The minimum absolute atomic E-state index is 0.151. The number of hydrogen-bond acceptors (Lipinski definition) is 5. The van der Waals surface area contributed by atoms with Crippen LogP contribution in [0.25, 0.3) is 11.7 Å².